The summed E-state index contributed by atoms with van der Waals surface area (Å²) in [6.07, 6.45) is -0.961. The van der Waals surface area contributed by atoms with E-state index in [0.29, 0.717) is 10.8 Å². The predicted molar refractivity (Wildman–Crippen MR) is 111 cm³/mol. The Balaban J connectivity index is 1.86. The zero-order valence-electron chi connectivity index (χ0n) is 15.7. The van der Waals surface area contributed by atoms with E-state index in [1.54, 1.807) is 12.1 Å². The minimum absolute atomic E-state index is 0.116. The third kappa shape index (κ3) is 6.95. The standard InChI is InChI=1S/C19H19ClN2O6S/c1-12(28-18(23)9-10-29-15-6-3-13(20)4-7-15)19(24)21-16-11-14(22(25)26)5-8-17(16)27-2/h3-8,11-12H,9-10H2,1-2H3,(H,21,24). The number of ether oxygens (including phenoxy) is 2. The summed E-state index contributed by atoms with van der Waals surface area (Å²) in [6, 6.07) is 11.0. The molecule has 0 radical (unpaired) electrons. The molecule has 1 unspecified atom stereocenters. The Morgan fingerprint density at radius 1 is 1.24 bits per heavy atom. The van der Waals surface area contributed by atoms with Gasteiger partial charge >= 0.3 is 5.97 Å². The minimum atomic E-state index is -1.08. The number of rotatable bonds is 9. The Bertz CT molecular complexity index is 891. The Morgan fingerprint density at radius 3 is 2.55 bits per heavy atom. The molecule has 1 N–H and O–H groups in total. The smallest absolute Gasteiger partial charge is 0.307 e. The normalized spacial score (nSPS) is 11.4. The van der Waals surface area contributed by atoms with Crippen molar-refractivity contribution in [1.29, 1.82) is 0 Å². The highest BCUT2D eigenvalue weighted by Crippen LogP contribution is 2.29. The lowest BCUT2D eigenvalue weighted by atomic mass is 10.2. The monoisotopic (exact) mass is 438 g/mol. The zero-order chi connectivity index (χ0) is 21.4. The minimum Gasteiger partial charge on any atom is -0.495 e. The Kier molecular flexibility index (Phi) is 8.29. The number of methoxy groups -OCH3 is 1. The molecule has 1 atom stereocenters. The summed E-state index contributed by atoms with van der Waals surface area (Å²) in [5, 5.41) is 14.0. The maximum atomic E-state index is 12.3. The number of carbonyl (C=O) groups excluding carboxylic acids is 2. The first-order chi connectivity index (χ1) is 13.8. The van der Waals surface area contributed by atoms with Crippen molar-refractivity contribution in [3.63, 3.8) is 0 Å². The lowest BCUT2D eigenvalue weighted by Crippen LogP contribution is -2.30. The summed E-state index contributed by atoms with van der Waals surface area (Å²) < 4.78 is 10.2. The van der Waals surface area contributed by atoms with Crippen LogP contribution < -0.4 is 10.1 Å². The van der Waals surface area contributed by atoms with Crippen LogP contribution in [-0.4, -0.2) is 35.8 Å². The van der Waals surface area contributed by atoms with Crippen molar-refractivity contribution in [3.8, 4) is 5.75 Å². The van der Waals surface area contributed by atoms with Crippen LogP contribution in [0.5, 0.6) is 5.75 Å². The van der Waals surface area contributed by atoms with Crippen molar-refractivity contribution in [2.45, 2.75) is 24.3 Å². The van der Waals surface area contributed by atoms with Crippen LogP contribution in [0.2, 0.25) is 5.02 Å². The van der Waals surface area contributed by atoms with Crippen molar-refractivity contribution >= 4 is 46.6 Å². The summed E-state index contributed by atoms with van der Waals surface area (Å²) in [5.74, 6) is -0.419. The SMILES string of the molecule is COc1ccc([N+](=O)[O-])cc1NC(=O)C(C)OC(=O)CCSc1ccc(Cl)cc1. The molecule has 0 aliphatic carbocycles. The molecule has 10 heteroatoms. The van der Waals surface area contributed by atoms with Gasteiger partial charge in [0.1, 0.15) is 5.75 Å². The van der Waals surface area contributed by atoms with Crippen molar-refractivity contribution in [1.82, 2.24) is 0 Å². The molecule has 2 rings (SSSR count). The van der Waals surface area contributed by atoms with Gasteiger partial charge in [0.05, 0.1) is 24.1 Å². The van der Waals surface area contributed by atoms with Crippen LogP contribution in [0.3, 0.4) is 0 Å². The highest BCUT2D eigenvalue weighted by Gasteiger charge is 2.20. The molecule has 2 aromatic rings. The van der Waals surface area contributed by atoms with Crippen molar-refractivity contribution in [2.75, 3.05) is 18.2 Å². The van der Waals surface area contributed by atoms with Gasteiger partial charge in [-0.2, -0.15) is 0 Å². The number of hydrogen-bond acceptors (Lipinski definition) is 7. The maximum Gasteiger partial charge on any atom is 0.307 e. The van der Waals surface area contributed by atoms with Crippen LogP contribution in [0.1, 0.15) is 13.3 Å². The summed E-state index contributed by atoms with van der Waals surface area (Å²) >= 11 is 7.29. The van der Waals surface area contributed by atoms with Gasteiger partial charge in [-0.25, -0.2) is 0 Å². The van der Waals surface area contributed by atoms with Crippen LogP contribution in [0.15, 0.2) is 47.4 Å². The number of amides is 1. The van der Waals surface area contributed by atoms with Gasteiger partial charge in [0.15, 0.2) is 6.10 Å². The summed E-state index contributed by atoms with van der Waals surface area (Å²) in [5.41, 5.74) is -0.0853. The Hall–Kier alpha value is -2.78. The van der Waals surface area contributed by atoms with E-state index in [9.17, 15) is 19.7 Å². The molecule has 1 amide bonds. The quantitative estimate of drug-likeness (QED) is 0.269. The van der Waals surface area contributed by atoms with Crippen LogP contribution >= 0.6 is 23.4 Å². The molecule has 0 bridgehead atoms. The lowest BCUT2D eigenvalue weighted by Gasteiger charge is -2.15. The van der Waals surface area contributed by atoms with Gasteiger partial charge in [-0.1, -0.05) is 11.6 Å². The van der Waals surface area contributed by atoms with Gasteiger partial charge in [-0.3, -0.25) is 19.7 Å². The van der Waals surface area contributed by atoms with E-state index in [1.807, 2.05) is 12.1 Å². The third-order valence-electron chi connectivity index (χ3n) is 3.72. The van der Waals surface area contributed by atoms with Gasteiger partial charge in [-0.05, 0) is 37.3 Å². The molecule has 154 valence electrons. The fourth-order valence-corrected chi connectivity index (χ4v) is 3.19. The number of nitro groups is 1. The van der Waals surface area contributed by atoms with E-state index < -0.39 is 22.9 Å². The van der Waals surface area contributed by atoms with E-state index >= 15 is 0 Å². The molecule has 0 saturated carbocycles. The predicted octanol–water partition coefficient (Wildman–Crippen LogP) is 4.31. The van der Waals surface area contributed by atoms with Gasteiger partial charge < -0.3 is 14.8 Å². The Morgan fingerprint density at radius 2 is 1.93 bits per heavy atom. The second-order valence-electron chi connectivity index (χ2n) is 5.82. The molecule has 0 aliphatic rings. The number of thioether (sulfide) groups is 1. The first kappa shape index (κ1) is 22.5. The molecule has 0 saturated heterocycles. The van der Waals surface area contributed by atoms with E-state index in [4.69, 9.17) is 21.1 Å². The summed E-state index contributed by atoms with van der Waals surface area (Å²) in [6.45, 7) is 1.42. The second-order valence-corrected chi connectivity index (χ2v) is 7.42. The molecule has 0 spiro atoms. The largest absolute Gasteiger partial charge is 0.495 e. The third-order valence-corrected chi connectivity index (χ3v) is 4.98. The average Bonchev–Trinajstić information content (AvgIpc) is 2.69. The highest BCUT2D eigenvalue weighted by atomic mass is 35.5. The van der Waals surface area contributed by atoms with E-state index in [1.165, 1.54) is 44.0 Å². The number of nitrogens with zero attached hydrogens (tertiary/aromatic N) is 1. The number of carbonyl (C=O) groups is 2. The van der Waals surface area contributed by atoms with Crippen molar-refractivity contribution in [2.24, 2.45) is 0 Å². The van der Waals surface area contributed by atoms with E-state index in [-0.39, 0.29) is 23.5 Å². The molecule has 2 aromatic carbocycles. The first-order valence-corrected chi connectivity index (χ1v) is 9.87. The summed E-state index contributed by atoms with van der Waals surface area (Å²) in [7, 11) is 1.37. The van der Waals surface area contributed by atoms with Crippen molar-refractivity contribution in [3.05, 3.63) is 57.6 Å². The number of halogens is 1. The lowest BCUT2D eigenvalue weighted by molar-refractivity contribution is -0.384. The molecule has 0 fully saturated rings. The summed E-state index contributed by atoms with van der Waals surface area (Å²) in [4.78, 5) is 35.6. The number of hydrogen-bond donors (Lipinski definition) is 1. The van der Waals surface area contributed by atoms with Crippen LogP contribution in [0.4, 0.5) is 11.4 Å². The van der Waals surface area contributed by atoms with Crippen LogP contribution in [0.25, 0.3) is 0 Å². The van der Waals surface area contributed by atoms with Crippen LogP contribution in [-0.2, 0) is 14.3 Å². The number of anilines is 1. The maximum absolute atomic E-state index is 12.3. The van der Waals surface area contributed by atoms with Crippen molar-refractivity contribution < 1.29 is 24.0 Å². The van der Waals surface area contributed by atoms with Gasteiger partial charge in [0.2, 0.25) is 0 Å². The van der Waals surface area contributed by atoms with Gasteiger partial charge in [-0.15, -0.1) is 11.8 Å². The zero-order valence-corrected chi connectivity index (χ0v) is 17.3. The van der Waals surface area contributed by atoms with Crippen LogP contribution in [0, 0.1) is 10.1 Å². The topological polar surface area (TPSA) is 108 Å². The van der Waals surface area contributed by atoms with E-state index in [0.717, 1.165) is 4.90 Å². The molecule has 29 heavy (non-hydrogen) atoms. The molecular weight excluding hydrogens is 420 g/mol. The van der Waals surface area contributed by atoms with Gasteiger partial charge in [0.25, 0.3) is 11.6 Å². The number of benzene rings is 2. The first-order valence-electron chi connectivity index (χ1n) is 8.51. The number of esters is 1. The number of nitrogens with one attached hydrogen (secondary N) is 1. The highest BCUT2D eigenvalue weighted by molar-refractivity contribution is 7.99. The number of nitro benzene ring substituents is 1. The molecule has 0 heterocycles. The molecular formula is C19H19ClN2O6S. The number of non-ortho nitro benzene ring substituents is 1. The second kappa shape index (κ2) is 10.7. The Labute approximate surface area is 176 Å². The fraction of sp³-hybridized carbons (Fsp3) is 0.263. The molecule has 0 aromatic heterocycles. The molecule has 0 aliphatic heterocycles. The van der Waals surface area contributed by atoms with E-state index in [2.05, 4.69) is 5.32 Å². The van der Waals surface area contributed by atoms with Gasteiger partial charge in [0, 0.05) is 27.8 Å². The average molecular weight is 439 g/mol. The molecule has 8 nitrogen and oxygen atoms in total. The fourth-order valence-electron chi connectivity index (χ4n) is 2.23.